The van der Waals surface area contributed by atoms with Crippen molar-refractivity contribution < 1.29 is 28.2 Å². The van der Waals surface area contributed by atoms with E-state index >= 15 is 0 Å². The summed E-state index contributed by atoms with van der Waals surface area (Å²) >= 11 is 0. The average Bonchev–Trinajstić information content (AvgIpc) is 2.77. The van der Waals surface area contributed by atoms with Crippen LogP contribution in [0.4, 0.5) is 0 Å². The smallest absolute Gasteiger partial charge is 0.197 e. The fourth-order valence-electron chi connectivity index (χ4n) is 2.73. The van der Waals surface area contributed by atoms with E-state index in [1.807, 2.05) is 13.8 Å². The van der Waals surface area contributed by atoms with Crippen LogP contribution in [0.2, 0.25) is 0 Å². The molecule has 0 amide bonds. The Labute approximate surface area is 168 Å². The first kappa shape index (κ1) is 21.8. The van der Waals surface area contributed by atoms with Gasteiger partial charge in [-0.3, -0.25) is 9.59 Å². The van der Waals surface area contributed by atoms with Gasteiger partial charge < -0.3 is 23.4 Å². The summed E-state index contributed by atoms with van der Waals surface area (Å²) in [4.78, 5) is 23.2. The lowest BCUT2D eigenvalue weighted by atomic mass is 10.1. The molecular formula is C22H24O7. The maximum Gasteiger partial charge on any atom is 0.197 e. The molecule has 3 rings (SSSR count). The second-order valence-corrected chi connectivity index (χ2v) is 5.52. The largest absolute Gasteiger partial charge is 0.496 e. The van der Waals surface area contributed by atoms with Gasteiger partial charge in [-0.15, -0.1) is 0 Å². The second kappa shape index (κ2) is 10.2. The first-order valence-corrected chi connectivity index (χ1v) is 9.06. The van der Waals surface area contributed by atoms with E-state index in [9.17, 15) is 9.59 Å². The highest BCUT2D eigenvalue weighted by molar-refractivity contribution is 5.86. The molecule has 1 heterocycles. The van der Waals surface area contributed by atoms with E-state index < -0.39 is 0 Å². The van der Waals surface area contributed by atoms with Gasteiger partial charge in [0.25, 0.3) is 0 Å². The van der Waals surface area contributed by atoms with E-state index in [2.05, 4.69) is 0 Å². The molecule has 0 atom stereocenters. The Hall–Kier alpha value is -3.48. The molecule has 29 heavy (non-hydrogen) atoms. The number of hydrogen-bond donors (Lipinski definition) is 0. The minimum absolute atomic E-state index is 0.117. The summed E-state index contributed by atoms with van der Waals surface area (Å²) in [5.74, 6) is 2.09. The van der Waals surface area contributed by atoms with Crippen molar-refractivity contribution in [3.63, 3.8) is 0 Å². The van der Waals surface area contributed by atoms with E-state index in [0.717, 1.165) is 0 Å². The first-order valence-electron chi connectivity index (χ1n) is 9.06. The number of hydrogen-bond acceptors (Lipinski definition) is 7. The van der Waals surface area contributed by atoms with Crippen LogP contribution in [0.5, 0.6) is 23.0 Å². The summed E-state index contributed by atoms with van der Waals surface area (Å²) in [6.07, 6.45) is 0.632. The normalized spacial score (nSPS) is 9.97. The van der Waals surface area contributed by atoms with E-state index in [0.29, 0.717) is 46.0 Å². The molecule has 0 unspecified atom stereocenters. The van der Waals surface area contributed by atoms with Crippen molar-refractivity contribution in [3.05, 3.63) is 46.6 Å². The highest BCUT2D eigenvalue weighted by Crippen LogP contribution is 2.35. The molecule has 0 aliphatic rings. The molecule has 0 aliphatic heterocycles. The van der Waals surface area contributed by atoms with E-state index in [1.54, 1.807) is 37.4 Å². The molecule has 0 fully saturated rings. The molecule has 0 spiro atoms. The van der Waals surface area contributed by atoms with Crippen LogP contribution in [-0.4, -0.2) is 34.2 Å². The minimum atomic E-state index is -0.264. The molecule has 7 nitrogen and oxygen atoms in total. The van der Waals surface area contributed by atoms with Crippen LogP contribution in [0, 0.1) is 0 Å². The molecule has 1 aromatic heterocycles. The number of aldehydes is 1. The van der Waals surface area contributed by atoms with Crippen molar-refractivity contribution in [1.29, 1.82) is 0 Å². The zero-order valence-corrected chi connectivity index (χ0v) is 17.1. The number of benzene rings is 2. The van der Waals surface area contributed by atoms with Crippen LogP contribution in [0.25, 0.3) is 22.3 Å². The molecule has 0 N–H and O–H groups in total. The number of carbonyl (C=O) groups is 1. The highest BCUT2D eigenvalue weighted by atomic mass is 16.5. The van der Waals surface area contributed by atoms with Gasteiger partial charge in [0, 0.05) is 23.8 Å². The Morgan fingerprint density at radius 3 is 2.21 bits per heavy atom. The maximum absolute atomic E-state index is 12.7. The van der Waals surface area contributed by atoms with Crippen molar-refractivity contribution in [2.45, 2.75) is 13.8 Å². The van der Waals surface area contributed by atoms with E-state index in [-0.39, 0.29) is 17.6 Å². The predicted octanol–water partition coefficient (Wildman–Crippen LogP) is 4.09. The van der Waals surface area contributed by atoms with Crippen molar-refractivity contribution in [1.82, 2.24) is 0 Å². The number of fused-ring (bicyclic) bond motifs is 1. The summed E-state index contributed by atoms with van der Waals surface area (Å²) in [6, 6.07) is 9.68. The summed E-state index contributed by atoms with van der Waals surface area (Å²) in [6.45, 7) is 3.88. The predicted molar refractivity (Wildman–Crippen MR) is 110 cm³/mol. The zero-order valence-electron chi connectivity index (χ0n) is 17.1. The highest BCUT2D eigenvalue weighted by Gasteiger charge is 2.15. The van der Waals surface area contributed by atoms with Crippen molar-refractivity contribution in [2.24, 2.45) is 0 Å². The Morgan fingerprint density at radius 2 is 1.59 bits per heavy atom. The summed E-state index contributed by atoms with van der Waals surface area (Å²) < 4.78 is 27.0. The lowest BCUT2D eigenvalue weighted by Gasteiger charge is -2.11. The van der Waals surface area contributed by atoms with Crippen LogP contribution in [0.1, 0.15) is 13.8 Å². The van der Waals surface area contributed by atoms with Crippen LogP contribution in [0.3, 0.4) is 0 Å². The van der Waals surface area contributed by atoms with Gasteiger partial charge in [-0.2, -0.15) is 0 Å². The molecule has 2 aromatic carbocycles. The Balaban J connectivity index is 0.00000145. The molecule has 3 aromatic rings. The lowest BCUT2D eigenvalue weighted by Crippen LogP contribution is -2.04. The van der Waals surface area contributed by atoms with Gasteiger partial charge in [0.1, 0.15) is 34.8 Å². The number of carbonyl (C=O) groups excluding carboxylic acids is 1. The standard InChI is InChI=1S/C20H18O7.C2H6/c1-23-15-5-4-12(8-17(15)24-2)16-11-14(22)20-18(25-3)9-13(26-7-6-21)10-19(20)27-16;1-2/h4-6,8-11H,7H2,1-3H3;1-2H3. The van der Waals surface area contributed by atoms with E-state index in [1.165, 1.54) is 20.3 Å². The SMILES string of the molecule is CC.COc1ccc(-c2cc(=O)c3c(OC)cc(OCC=O)cc3o2)cc1OC. The van der Waals surface area contributed by atoms with Crippen molar-refractivity contribution >= 4 is 17.3 Å². The average molecular weight is 400 g/mol. The summed E-state index contributed by atoms with van der Waals surface area (Å²) in [5.41, 5.74) is 0.664. The third-order valence-electron chi connectivity index (χ3n) is 3.97. The van der Waals surface area contributed by atoms with Gasteiger partial charge in [0.15, 0.2) is 23.2 Å². The Bertz CT molecular complexity index is 1040. The number of rotatable bonds is 7. The maximum atomic E-state index is 12.7. The second-order valence-electron chi connectivity index (χ2n) is 5.52. The topological polar surface area (TPSA) is 84.2 Å². The molecule has 0 aliphatic carbocycles. The van der Waals surface area contributed by atoms with Gasteiger partial charge in [0.2, 0.25) is 0 Å². The van der Waals surface area contributed by atoms with Crippen LogP contribution >= 0.6 is 0 Å². The van der Waals surface area contributed by atoms with Gasteiger partial charge in [-0.25, -0.2) is 0 Å². The molecule has 0 bridgehead atoms. The van der Waals surface area contributed by atoms with Gasteiger partial charge in [-0.05, 0) is 18.2 Å². The fourth-order valence-corrected chi connectivity index (χ4v) is 2.73. The minimum Gasteiger partial charge on any atom is -0.496 e. The first-order chi connectivity index (χ1) is 14.1. The third kappa shape index (κ3) is 4.68. The third-order valence-corrected chi connectivity index (χ3v) is 3.97. The zero-order chi connectivity index (χ0) is 21.4. The molecular weight excluding hydrogens is 376 g/mol. The molecule has 7 heteroatoms. The molecule has 0 radical (unpaired) electrons. The number of methoxy groups -OCH3 is 3. The van der Waals surface area contributed by atoms with Crippen molar-refractivity contribution in [3.8, 4) is 34.3 Å². The fraction of sp³-hybridized carbons (Fsp3) is 0.273. The summed E-state index contributed by atoms with van der Waals surface area (Å²) in [7, 11) is 4.51. The van der Waals surface area contributed by atoms with Crippen LogP contribution < -0.4 is 24.4 Å². The van der Waals surface area contributed by atoms with Crippen molar-refractivity contribution in [2.75, 3.05) is 27.9 Å². The molecule has 0 saturated carbocycles. The van der Waals surface area contributed by atoms with E-state index in [4.69, 9.17) is 23.4 Å². The van der Waals surface area contributed by atoms with Crippen LogP contribution in [0.15, 0.2) is 45.6 Å². The van der Waals surface area contributed by atoms with Gasteiger partial charge >= 0.3 is 0 Å². The Morgan fingerprint density at radius 1 is 0.897 bits per heavy atom. The number of ether oxygens (including phenoxy) is 4. The van der Waals surface area contributed by atoms with Gasteiger partial charge in [-0.1, -0.05) is 13.8 Å². The monoisotopic (exact) mass is 400 g/mol. The lowest BCUT2D eigenvalue weighted by molar-refractivity contribution is -0.109. The quantitative estimate of drug-likeness (QED) is 0.552. The van der Waals surface area contributed by atoms with Crippen LogP contribution in [-0.2, 0) is 4.79 Å². The molecule has 0 saturated heterocycles. The van der Waals surface area contributed by atoms with Gasteiger partial charge in [0.05, 0.1) is 21.3 Å². The summed E-state index contributed by atoms with van der Waals surface area (Å²) in [5, 5.41) is 0.292. The Kier molecular flexibility index (Phi) is 7.65. The molecule has 154 valence electrons.